The Hall–Kier alpha value is -5.04. The number of carboxylic acid groups (broad SMARTS) is 4. The van der Waals surface area contributed by atoms with Gasteiger partial charge in [0.25, 0.3) is 0 Å². The molecule has 0 aliphatic heterocycles. The summed E-state index contributed by atoms with van der Waals surface area (Å²) in [5, 5.41) is 105. The first-order valence-corrected chi connectivity index (χ1v) is 19.0. The van der Waals surface area contributed by atoms with Crippen LogP contribution in [-0.4, -0.2) is 217 Å². The molecule has 378 valence electrons. The Kier molecular flexibility index (Phi) is 57.4. The minimum atomic E-state index is -1.30. The van der Waals surface area contributed by atoms with Crippen molar-refractivity contribution >= 4 is 47.6 Å². The molecular weight excluding hydrogens is 844 g/mol. The molecule has 24 N–H and O–H groups in total. The van der Waals surface area contributed by atoms with Gasteiger partial charge < -0.3 is 115 Å². The van der Waals surface area contributed by atoms with Crippen molar-refractivity contribution < 1.29 is 88.8 Å². The van der Waals surface area contributed by atoms with E-state index in [1.54, 1.807) is 6.92 Å². The molecule has 0 saturated carbocycles. The summed E-state index contributed by atoms with van der Waals surface area (Å²) in [5.74, 6) is -6.05. The molecule has 63 heavy (non-hydrogen) atoms. The third-order valence-electron chi connectivity index (χ3n) is 5.79. The monoisotopic (exact) mass is 927 g/mol. The van der Waals surface area contributed by atoms with Crippen LogP contribution in [0, 0.1) is 16.7 Å². The molecule has 0 aromatic carbocycles. The average molecular weight is 927 g/mol. The van der Waals surface area contributed by atoms with Crippen molar-refractivity contribution in [2.24, 2.45) is 40.3 Å². The van der Waals surface area contributed by atoms with Crippen LogP contribution in [0.5, 0.6) is 0 Å². The van der Waals surface area contributed by atoms with Gasteiger partial charge in [-0.1, -0.05) is 27.2 Å². The number of hydrogen-bond donors (Lipinski definition) is 18. The molecule has 28 heteroatoms. The van der Waals surface area contributed by atoms with E-state index < -0.39 is 73.2 Å². The van der Waals surface area contributed by atoms with E-state index in [1.807, 2.05) is 13.8 Å². The Morgan fingerprint density at radius 1 is 0.619 bits per heavy atom. The lowest BCUT2D eigenvalue weighted by Crippen LogP contribution is -2.43. The Morgan fingerprint density at radius 2 is 0.889 bits per heavy atom. The lowest BCUT2D eigenvalue weighted by atomic mass is 10.1. The Morgan fingerprint density at radius 3 is 0.968 bits per heavy atom. The number of primary amides is 2. The maximum absolute atomic E-state index is 10.3. The summed E-state index contributed by atoms with van der Waals surface area (Å²) in [7, 11) is 12.3. The molecule has 2 amide bonds. The van der Waals surface area contributed by atoms with Crippen LogP contribution in [0.3, 0.4) is 0 Å². The lowest BCUT2D eigenvalue weighted by molar-refractivity contribution is -0.870. The molecule has 0 bridgehead atoms. The van der Waals surface area contributed by atoms with E-state index >= 15 is 0 Å². The fourth-order valence-electron chi connectivity index (χ4n) is 2.54. The molecule has 0 fully saturated rings. The van der Waals surface area contributed by atoms with Gasteiger partial charge in [-0.3, -0.25) is 30.0 Å². The standard InChI is InChI=1S/2C6H14N4O3.2C5H14NO.C5H10O2.C4H8O2.2C2H5NO2/c2*7-4(5(12)13)3(11)1-2-10-6(8)9;2*1-6(2,3)4-5-7;1-4(2)3-5(6)7;1-2-3-4(5)6;2*3-2(5)1-4/h2*3-4,11H,1-2,7H2,(H,12,13)(H4,8,9,10);2*7H,4-5H2,1-3H3;4H,3H2,1-2H3,(H,6,7);2-3H2,1H3,(H,5,6);2*4H,1H2,(H2,3,5)/q;;2*+1;;;;/p-2/t2*3?,4-;;;;;;/m00....../s1. The molecular formula is C35H82N12O16. The van der Waals surface area contributed by atoms with Gasteiger partial charge in [0.1, 0.15) is 38.4 Å². The summed E-state index contributed by atoms with van der Waals surface area (Å²) < 4.78 is 1.69. The molecule has 0 aromatic rings. The quantitative estimate of drug-likeness (QED) is 0.0306. The van der Waals surface area contributed by atoms with Gasteiger partial charge in [0, 0.05) is 25.0 Å². The highest BCUT2D eigenvalue weighted by atomic mass is 16.4. The number of carboxylic acids is 4. The van der Waals surface area contributed by atoms with E-state index in [0.29, 0.717) is 6.42 Å². The fourth-order valence-corrected chi connectivity index (χ4v) is 2.54. The zero-order valence-corrected chi connectivity index (χ0v) is 38.3. The number of carbonyl (C=O) groups excluding carboxylic acids is 4. The van der Waals surface area contributed by atoms with Gasteiger partial charge >= 0.3 is 11.9 Å². The van der Waals surface area contributed by atoms with E-state index in [4.69, 9.17) is 74.6 Å². The predicted molar refractivity (Wildman–Crippen MR) is 229 cm³/mol. The fraction of sp³-hybridized carbons (Fsp3) is 0.771. The summed E-state index contributed by atoms with van der Waals surface area (Å²) in [6.07, 6.45) is -0.990. The predicted octanol–water partition coefficient (Wildman–Crippen LogP) is -9.12. The number of nitrogens with two attached hydrogens (primary N) is 6. The van der Waals surface area contributed by atoms with Crippen molar-refractivity contribution in [2.75, 3.05) is 94.9 Å². The number of nitrogens with one attached hydrogen (secondary N) is 4. The number of carbonyl (C=O) groups is 6. The van der Waals surface area contributed by atoms with Crippen LogP contribution in [0.4, 0.5) is 0 Å². The van der Waals surface area contributed by atoms with Crippen LogP contribution >= 0.6 is 0 Å². The summed E-state index contributed by atoms with van der Waals surface area (Å²) in [6, 6.07) is -2.59. The van der Waals surface area contributed by atoms with Crippen LogP contribution in [0.2, 0.25) is 0 Å². The highest BCUT2D eigenvalue weighted by Gasteiger charge is 2.22. The second-order valence-electron chi connectivity index (χ2n) is 14.9. The van der Waals surface area contributed by atoms with E-state index in [2.05, 4.69) is 64.4 Å². The Bertz CT molecular complexity index is 1130. The number of guanidine groups is 2. The van der Waals surface area contributed by atoms with Crippen LogP contribution in [0.15, 0.2) is 0 Å². The normalized spacial score (nSPS) is 11.7. The first-order valence-electron chi connectivity index (χ1n) is 19.0. The number of aliphatic carboxylic acids is 4. The molecule has 0 saturated heterocycles. The molecule has 2 unspecified atom stereocenters. The zero-order valence-electron chi connectivity index (χ0n) is 38.3. The largest absolute Gasteiger partial charge is 0.550 e. The number of likely N-dealkylation sites (N-methyl/N-ethyl adjacent to an activating group) is 2. The van der Waals surface area contributed by atoms with Gasteiger partial charge in [-0.15, -0.1) is 0 Å². The second kappa shape index (κ2) is 48.0. The summed E-state index contributed by atoms with van der Waals surface area (Å²) in [4.78, 5) is 58.4. The molecule has 4 atom stereocenters. The third kappa shape index (κ3) is 97.7. The second-order valence-corrected chi connectivity index (χ2v) is 14.9. The van der Waals surface area contributed by atoms with Gasteiger partial charge in [0.2, 0.25) is 11.8 Å². The molecule has 0 spiro atoms. The molecule has 0 rings (SSSR count). The summed E-state index contributed by atoms with van der Waals surface area (Å²) in [5.41, 5.74) is 28.9. The minimum Gasteiger partial charge on any atom is -0.550 e. The number of hydrogen-bond acceptors (Lipinski definition) is 18. The first kappa shape index (κ1) is 75.3. The molecule has 0 heterocycles. The number of rotatable bonds is 20. The number of quaternary nitrogens is 2. The smallest absolute Gasteiger partial charge is 0.323 e. The summed E-state index contributed by atoms with van der Waals surface area (Å²) >= 11 is 0. The van der Waals surface area contributed by atoms with Gasteiger partial charge in [-0.2, -0.15) is 0 Å². The zero-order chi connectivity index (χ0) is 52.1. The van der Waals surface area contributed by atoms with E-state index in [-0.39, 0.29) is 69.8 Å². The molecule has 0 aromatic heterocycles. The number of nitrogens with zero attached hydrogens (tertiary/aromatic N) is 2. The number of amides is 2. The first-order chi connectivity index (χ1) is 28.5. The van der Waals surface area contributed by atoms with Crippen LogP contribution < -0.4 is 55.2 Å². The van der Waals surface area contributed by atoms with Crippen molar-refractivity contribution in [2.45, 2.75) is 77.2 Å². The highest BCUT2D eigenvalue weighted by molar-refractivity contribution is 5.76. The molecule has 0 radical (unpaired) electrons. The van der Waals surface area contributed by atoms with Crippen molar-refractivity contribution in [1.29, 1.82) is 10.8 Å². The number of aliphatic hydroxyl groups excluding tert-OH is 6. The SMILES string of the molecule is CC(C)CC(=O)[O-].CCCC(=O)[O-].C[N+](C)(C)CCO.C[N+](C)(C)CCO.N=C(N)NCCC(O)[C@H](N)C(=O)O.N=C(N)NCCC(O)[C@H](N)C(=O)O.NC(=O)CO.NC(=O)CO. The topological polar surface area (TPSA) is 538 Å². The van der Waals surface area contributed by atoms with E-state index in [9.17, 15) is 39.0 Å². The average Bonchev–Trinajstić information content (AvgIpc) is 3.10. The van der Waals surface area contributed by atoms with Gasteiger partial charge in [0.05, 0.1) is 67.7 Å². The summed E-state index contributed by atoms with van der Waals surface area (Å²) in [6.45, 7) is 7.04. The maximum Gasteiger partial charge on any atom is 0.323 e. The van der Waals surface area contributed by atoms with Gasteiger partial charge in [0.15, 0.2) is 11.9 Å². The van der Waals surface area contributed by atoms with Crippen molar-refractivity contribution in [3.8, 4) is 0 Å². The highest BCUT2D eigenvalue weighted by Crippen LogP contribution is 1.97. The van der Waals surface area contributed by atoms with Gasteiger partial charge in [-0.05, 0) is 31.6 Å². The maximum atomic E-state index is 10.3. The van der Waals surface area contributed by atoms with Crippen LogP contribution in [-0.2, 0) is 28.8 Å². The van der Waals surface area contributed by atoms with E-state index in [0.717, 1.165) is 22.1 Å². The molecule has 28 nitrogen and oxygen atoms in total. The third-order valence-corrected chi connectivity index (χ3v) is 5.79. The molecule has 0 aliphatic carbocycles. The number of aliphatic hydroxyl groups is 6. The molecule has 0 aliphatic rings. The van der Waals surface area contributed by atoms with E-state index in [1.165, 1.54) is 0 Å². The van der Waals surface area contributed by atoms with Crippen LogP contribution in [0.1, 0.15) is 52.9 Å². The van der Waals surface area contributed by atoms with Crippen LogP contribution in [0.25, 0.3) is 0 Å². The van der Waals surface area contributed by atoms with Crippen molar-refractivity contribution in [3.05, 3.63) is 0 Å². The van der Waals surface area contributed by atoms with Crippen molar-refractivity contribution in [1.82, 2.24) is 10.6 Å². The Labute approximate surface area is 370 Å². The lowest BCUT2D eigenvalue weighted by Gasteiger charge is -2.21. The van der Waals surface area contributed by atoms with Crippen molar-refractivity contribution in [3.63, 3.8) is 0 Å². The Balaban J connectivity index is -0.0000000941. The minimum absolute atomic E-state index is 0.132. The van der Waals surface area contributed by atoms with Gasteiger partial charge in [-0.25, -0.2) is 0 Å².